The van der Waals surface area contributed by atoms with Crippen LogP contribution < -0.4 is 0 Å². The Hall–Kier alpha value is -3.03. The maximum absolute atomic E-state index is 4.60. The highest BCUT2D eigenvalue weighted by Gasteiger charge is 2.32. The molecule has 4 aromatic rings. The van der Waals surface area contributed by atoms with Crippen molar-refractivity contribution in [1.82, 2.24) is 34.6 Å². The molecule has 7 heteroatoms. The fourth-order valence-corrected chi connectivity index (χ4v) is 5.60. The first kappa shape index (κ1) is 21.5. The molecule has 0 amide bonds. The van der Waals surface area contributed by atoms with Crippen LogP contribution in [0, 0.1) is 0 Å². The fourth-order valence-electron chi connectivity index (χ4n) is 5.60. The minimum Gasteiger partial charge on any atom is -0.351 e. The van der Waals surface area contributed by atoms with Crippen LogP contribution in [0.3, 0.4) is 0 Å². The van der Waals surface area contributed by atoms with Gasteiger partial charge in [-0.2, -0.15) is 0 Å². The van der Waals surface area contributed by atoms with Crippen LogP contribution >= 0.6 is 0 Å². The Morgan fingerprint density at radius 3 is 2.65 bits per heavy atom. The number of hydrogen-bond acceptors (Lipinski definition) is 5. The number of benzene rings is 2. The molecule has 1 atom stereocenters. The van der Waals surface area contributed by atoms with Crippen LogP contribution in [0.15, 0.2) is 60.8 Å². The number of aromatic nitrogens is 5. The number of nitrogens with zero attached hydrogens (tertiary/aromatic N) is 7. The third-order valence-electron chi connectivity index (χ3n) is 7.73. The maximum Gasteiger partial charge on any atom is 0.173 e. The summed E-state index contributed by atoms with van der Waals surface area (Å²) < 4.78 is 4.17. The quantitative estimate of drug-likeness (QED) is 0.442. The summed E-state index contributed by atoms with van der Waals surface area (Å²) in [6.07, 6.45) is 7.43. The molecule has 1 aliphatic heterocycles. The van der Waals surface area contributed by atoms with Crippen LogP contribution in [-0.2, 0) is 13.6 Å². The van der Waals surface area contributed by atoms with Gasteiger partial charge >= 0.3 is 0 Å². The van der Waals surface area contributed by atoms with E-state index >= 15 is 0 Å². The third-order valence-corrected chi connectivity index (χ3v) is 7.73. The lowest BCUT2D eigenvalue weighted by molar-refractivity contribution is 0.127. The Kier molecular flexibility index (Phi) is 5.89. The molecular weight excluding hydrogens is 422 g/mol. The summed E-state index contributed by atoms with van der Waals surface area (Å²) >= 11 is 0. The number of hydrogen-bond donors (Lipinski definition) is 0. The zero-order valence-corrected chi connectivity index (χ0v) is 19.9. The van der Waals surface area contributed by atoms with Crippen LogP contribution in [0.25, 0.3) is 10.9 Å². The highest BCUT2D eigenvalue weighted by Crippen LogP contribution is 2.32. The first-order valence-electron chi connectivity index (χ1n) is 12.6. The molecule has 1 unspecified atom stereocenters. The zero-order chi connectivity index (χ0) is 22.9. The average Bonchev–Trinajstić information content (AvgIpc) is 3.34. The molecule has 2 aromatic heterocycles. The predicted molar refractivity (Wildman–Crippen MR) is 134 cm³/mol. The van der Waals surface area contributed by atoms with Gasteiger partial charge in [-0.05, 0) is 70.9 Å². The van der Waals surface area contributed by atoms with Gasteiger partial charge in [0.05, 0.1) is 12.6 Å². The summed E-state index contributed by atoms with van der Waals surface area (Å²) in [4.78, 5) is 5.32. The van der Waals surface area contributed by atoms with E-state index in [1.54, 1.807) is 0 Å². The van der Waals surface area contributed by atoms with Gasteiger partial charge in [0, 0.05) is 44.4 Å². The molecule has 1 saturated heterocycles. The Balaban J connectivity index is 1.36. The molecule has 1 aliphatic carbocycles. The molecule has 0 spiro atoms. The van der Waals surface area contributed by atoms with E-state index in [-0.39, 0.29) is 6.04 Å². The molecule has 34 heavy (non-hydrogen) atoms. The molecule has 6 rings (SSSR count). The number of aryl methyl sites for hydroxylation is 1. The van der Waals surface area contributed by atoms with E-state index in [1.165, 1.54) is 54.3 Å². The van der Waals surface area contributed by atoms with Crippen molar-refractivity contribution in [1.29, 1.82) is 0 Å². The summed E-state index contributed by atoms with van der Waals surface area (Å²) in [5, 5.41) is 14.4. The average molecular weight is 456 g/mol. The Labute approximate surface area is 201 Å². The minimum absolute atomic E-state index is 0.0321. The molecule has 0 radical (unpaired) electrons. The van der Waals surface area contributed by atoms with Crippen LogP contribution in [0.4, 0.5) is 0 Å². The van der Waals surface area contributed by atoms with Crippen molar-refractivity contribution in [3.8, 4) is 0 Å². The van der Waals surface area contributed by atoms with Crippen molar-refractivity contribution in [2.75, 3.05) is 26.2 Å². The lowest BCUT2D eigenvalue weighted by atomic mass is 9.91. The van der Waals surface area contributed by atoms with Gasteiger partial charge in [-0.1, -0.05) is 42.8 Å². The smallest absolute Gasteiger partial charge is 0.173 e. The Bertz CT molecular complexity index is 1240. The summed E-state index contributed by atoms with van der Waals surface area (Å²) in [6.45, 7) is 5.08. The van der Waals surface area contributed by atoms with E-state index in [0.717, 1.165) is 31.5 Å². The molecule has 2 aliphatic rings. The molecule has 2 fully saturated rings. The van der Waals surface area contributed by atoms with Gasteiger partial charge in [-0.3, -0.25) is 9.80 Å². The standard InChI is InChI=1S/C27H33N7/c1-31-16-13-22-19-23(11-12-25(22)31)26(33-15-6-14-32(17-18-33)24-9-5-10-24)27-28-29-30-34(27)20-21-7-3-2-4-8-21/h2-4,7-8,11-13,16,19,24,26H,5-6,9-10,14-15,17-18,20H2,1H3. The molecular formula is C27H33N7. The highest BCUT2D eigenvalue weighted by atomic mass is 15.5. The summed E-state index contributed by atoms with van der Waals surface area (Å²) in [5.74, 6) is 0.927. The van der Waals surface area contributed by atoms with E-state index in [9.17, 15) is 0 Å². The first-order chi connectivity index (χ1) is 16.8. The Morgan fingerprint density at radius 2 is 1.82 bits per heavy atom. The summed E-state index contributed by atoms with van der Waals surface area (Å²) in [6, 6.07) is 20.3. The van der Waals surface area contributed by atoms with Gasteiger partial charge in [0.2, 0.25) is 0 Å². The van der Waals surface area contributed by atoms with Gasteiger partial charge in [-0.25, -0.2) is 4.68 Å². The lowest BCUT2D eigenvalue weighted by Gasteiger charge is -2.37. The summed E-state index contributed by atoms with van der Waals surface area (Å²) in [7, 11) is 2.10. The van der Waals surface area contributed by atoms with Gasteiger partial charge in [-0.15, -0.1) is 5.10 Å². The fraction of sp³-hybridized carbons (Fsp3) is 0.444. The molecule has 0 bridgehead atoms. The Morgan fingerprint density at radius 1 is 0.941 bits per heavy atom. The minimum atomic E-state index is 0.0321. The normalized spacial score (nSPS) is 19.2. The van der Waals surface area contributed by atoms with Crippen molar-refractivity contribution >= 4 is 10.9 Å². The van der Waals surface area contributed by atoms with Crippen LogP contribution in [0.5, 0.6) is 0 Å². The topological polar surface area (TPSA) is 55.0 Å². The van der Waals surface area contributed by atoms with Gasteiger partial charge in [0.15, 0.2) is 5.82 Å². The van der Waals surface area contributed by atoms with Crippen molar-refractivity contribution in [2.24, 2.45) is 7.05 Å². The highest BCUT2D eigenvalue weighted by molar-refractivity contribution is 5.81. The third kappa shape index (κ3) is 4.14. The van der Waals surface area contributed by atoms with Crippen molar-refractivity contribution in [3.05, 3.63) is 77.7 Å². The van der Waals surface area contributed by atoms with Crippen LogP contribution in [-0.4, -0.2) is 66.8 Å². The summed E-state index contributed by atoms with van der Waals surface area (Å²) in [5.41, 5.74) is 3.72. The second-order valence-corrected chi connectivity index (χ2v) is 9.84. The molecule has 2 aromatic carbocycles. The molecule has 0 N–H and O–H groups in total. The lowest BCUT2D eigenvalue weighted by Crippen LogP contribution is -2.42. The maximum atomic E-state index is 4.60. The first-order valence-corrected chi connectivity index (χ1v) is 12.6. The largest absolute Gasteiger partial charge is 0.351 e. The molecule has 3 heterocycles. The SMILES string of the molecule is Cn1ccc2cc(C(c3nnnn3Cc3ccccc3)N3CCCN(C4CCC4)CC3)ccc21. The van der Waals surface area contributed by atoms with Crippen LogP contribution in [0.1, 0.15) is 48.7 Å². The van der Waals surface area contributed by atoms with Crippen molar-refractivity contribution < 1.29 is 0 Å². The number of tetrazole rings is 1. The number of fused-ring (bicyclic) bond motifs is 1. The van der Waals surface area contributed by atoms with E-state index in [1.807, 2.05) is 10.7 Å². The second kappa shape index (κ2) is 9.31. The van der Waals surface area contributed by atoms with Gasteiger partial charge in [0.25, 0.3) is 0 Å². The molecule has 176 valence electrons. The monoisotopic (exact) mass is 455 g/mol. The van der Waals surface area contributed by atoms with Crippen molar-refractivity contribution in [3.63, 3.8) is 0 Å². The van der Waals surface area contributed by atoms with Crippen LogP contribution in [0.2, 0.25) is 0 Å². The van der Waals surface area contributed by atoms with Gasteiger partial charge < -0.3 is 4.57 Å². The molecule has 7 nitrogen and oxygen atoms in total. The van der Waals surface area contributed by atoms with E-state index in [2.05, 4.69) is 91.7 Å². The van der Waals surface area contributed by atoms with E-state index in [4.69, 9.17) is 0 Å². The number of rotatable bonds is 6. The van der Waals surface area contributed by atoms with Gasteiger partial charge in [0.1, 0.15) is 0 Å². The second-order valence-electron chi connectivity index (χ2n) is 9.84. The van der Waals surface area contributed by atoms with E-state index < -0.39 is 0 Å². The zero-order valence-electron chi connectivity index (χ0n) is 19.9. The molecule has 1 saturated carbocycles. The van der Waals surface area contributed by atoms with Crippen molar-refractivity contribution in [2.45, 2.75) is 44.3 Å². The predicted octanol–water partition coefficient (Wildman–Crippen LogP) is 3.86. The van der Waals surface area contributed by atoms with E-state index in [0.29, 0.717) is 6.54 Å².